The van der Waals surface area contributed by atoms with Gasteiger partial charge in [-0.3, -0.25) is 4.79 Å². The maximum absolute atomic E-state index is 12.6. The quantitative estimate of drug-likeness (QED) is 0.857. The van der Waals surface area contributed by atoms with Gasteiger partial charge in [0.25, 0.3) is 5.91 Å². The van der Waals surface area contributed by atoms with Gasteiger partial charge in [-0.15, -0.1) is 0 Å². The third kappa shape index (κ3) is 3.85. The van der Waals surface area contributed by atoms with Crippen molar-refractivity contribution in [2.24, 2.45) is 0 Å². The molecule has 1 N–H and O–H groups in total. The number of aliphatic hydroxyl groups excluding tert-OH is 1. The number of carbonyl (C=O) groups is 1. The molecule has 0 aliphatic heterocycles. The fourth-order valence-electron chi connectivity index (χ4n) is 1.68. The van der Waals surface area contributed by atoms with Gasteiger partial charge in [0.2, 0.25) is 0 Å². The topological polar surface area (TPSA) is 40.5 Å². The van der Waals surface area contributed by atoms with Crippen LogP contribution in [0.4, 0.5) is 0 Å². The normalized spacial score (nSPS) is 10.7. The largest absolute Gasteiger partial charge is 0.395 e. The fraction of sp³-hybridized carbons (Fsp3) is 0.471. The number of carbonyl (C=O) groups excluding carboxylic acids is 1. The van der Waals surface area contributed by atoms with E-state index in [0.717, 1.165) is 6.42 Å². The van der Waals surface area contributed by atoms with Gasteiger partial charge in [-0.25, -0.2) is 0 Å². The first-order valence-electron chi connectivity index (χ1n) is 6.91. The average Bonchev–Trinajstić information content (AvgIpc) is 2.46. The van der Waals surface area contributed by atoms with Crippen LogP contribution in [0.2, 0.25) is 0 Å². The highest BCUT2D eigenvalue weighted by Gasteiger charge is 2.27. The predicted molar refractivity (Wildman–Crippen MR) is 81.5 cm³/mol. The van der Waals surface area contributed by atoms with Gasteiger partial charge in [0.1, 0.15) is 0 Å². The van der Waals surface area contributed by atoms with Crippen LogP contribution in [0.5, 0.6) is 0 Å². The number of benzene rings is 1. The van der Waals surface area contributed by atoms with Gasteiger partial charge in [-0.1, -0.05) is 30.9 Å². The molecular weight excluding hydrogens is 250 g/mol. The van der Waals surface area contributed by atoms with Crippen molar-refractivity contribution in [2.75, 3.05) is 13.7 Å². The van der Waals surface area contributed by atoms with Crippen molar-refractivity contribution in [3.05, 3.63) is 35.4 Å². The Hall–Kier alpha value is -1.79. The van der Waals surface area contributed by atoms with Crippen LogP contribution >= 0.6 is 0 Å². The number of aliphatic hydroxyl groups is 1. The summed E-state index contributed by atoms with van der Waals surface area (Å²) >= 11 is 0. The van der Waals surface area contributed by atoms with E-state index >= 15 is 0 Å². The Kier molecular flexibility index (Phi) is 5.79. The molecule has 0 saturated carbocycles. The number of rotatable bonds is 4. The molecule has 0 spiro atoms. The van der Waals surface area contributed by atoms with Crippen LogP contribution in [0.3, 0.4) is 0 Å². The fourth-order valence-corrected chi connectivity index (χ4v) is 1.68. The molecule has 108 valence electrons. The summed E-state index contributed by atoms with van der Waals surface area (Å²) in [5.74, 6) is 5.81. The van der Waals surface area contributed by atoms with Gasteiger partial charge >= 0.3 is 0 Å². The lowest BCUT2D eigenvalue weighted by molar-refractivity contribution is 0.0620. The highest BCUT2D eigenvalue weighted by molar-refractivity contribution is 5.97. The van der Waals surface area contributed by atoms with Crippen molar-refractivity contribution in [3.63, 3.8) is 0 Å². The van der Waals surface area contributed by atoms with E-state index in [0.29, 0.717) is 17.5 Å². The Labute approximate surface area is 121 Å². The van der Waals surface area contributed by atoms with E-state index in [4.69, 9.17) is 5.11 Å². The van der Waals surface area contributed by atoms with Gasteiger partial charge in [0.05, 0.1) is 12.2 Å². The zero-order valence-corrected chi connectivity index (χ0v) is 12.7. The van der Waals surface area contributed by atoms with Gasteiger partial charge in [0, 0.05) is 24.6 Å². The second-order valence-corrected chi connectivity index (χ2v) is 5.35. The van der Waals surface area contributed by atoms with Crippen molar-refractivity contribution in [2.45, 2.75) is 39.2 Å². The molecule has 20 heavy (non-hydrogen) atoms. The maximum atomic E-state index is 12.6. The molecule has 1 amide bonds. The standard InChI is InChI=1S/C17H23NO2/c1-5-17(2,3)18(4)16(20)15-12-7-6-10-14(15)11-8-9-13-19/h6-7,10,12,19H,5,9,13H2,1-4H3. The van der Waals surface area contributed by atoms with Gasteiger partial charge < -0.3 is 10.0 Å². The Morgan fingerprint density at radius 2 is 2.00 bits per heavy atom. The smallest absolute Gasteiger partial charge is 0.255 e. The lowest BCUT2D eigenvalue weighted by Gasteiger charge is -2.35. The molecule has 0 aliphatic carbocycles. The minimum Gasteiger partial charge on any atom is -0.395 e. The third-order valence-electron chi connectivity index (χ3n) is 3.70. The van der Waals surface area contributed by atoms with Crippen LogP contribution in [-0.4, -0.2) is 35.1 Å². The molecular formula is C17H23NO2. The van der Waals surface area contributed by atoms with E-state index in [-0.39, 0.29) is 18.1 Å². The summed E-state index contributed by atoms with van der Waals surface area (Å²) in [6.45, 7) is 6.19. The Balaban J connectivity index is 3.08. The van der Waals surface area contributed by atoms with Gasteiger partial charge in [0.15, 0.2) is 0 Å². The molecule has 1 aromatic rings. The van der Waals surface area contributed by atoms with Crippen molar-refractivity contribution >= 4 is 5.91 Å². The molecule has 0 aliphatic rings. The molecule has 0 aromatic heterocycles. The summed E-state index contributed by atoms with van der Waals surface area (Å²) in [5.41, 5.74) is 1.13. The van der Waals surface area contributed by atoms with Crippen LogP contribution in [-0.2, 0) is 0 Å². The van der Waals surface area contributed by atoms with Crippen LogP contribution < -0.4 is 0 Å². The van der Waals surface area contributed by atoms with E-state index in [9.17, 15) is 4.79 Å². The molecule has 3 nitrogen and oxygen atoms in total. The lowest BCUT2D eigenvalue weighted by Crippen LogP contribution is -2.44. The van der Waals surface area contributed by atoms with E-state index < -0.39 is 0 Å². The molecule has 0 unspecified atom stereocenters. The zero-order valence-electron chi connectivity index (χ0n) is 12.7. The molecule has 0 saturated heterocycles. The summed E-state index contributed by atoms with van der Waals surface area (Å²) < 4.78 is 0. The van der Waals surface area contributed by atoms with Crippen LogP contribution in [0.25, 0.3) is 0 Å². The number of hydrogen-bond acceptors (Lipinski definition) is 2. The number of amides is 1. The molecule has 0 atom stereocenters. The highest BCUT2D eigenvalue weighted by Crippen LogP contribution is 2.20. The summed E-state index contributed by atoms with van der Waals surface area (Å²) in [4.78, 5) is 14.4. The molecule has 1 aromatic carbocycles. The van der Waals surface area contributed by atoms with Crippen LogP contribution in [0, 0.1) is 11.8 Å². The van der Waals surface area contributed by atoms with Gasteiger partial charge in [-0.2, -0.15) is 0 Å². The second kappa shape index (κ2) is 7.12. The van der Waals surface area contributed by atoms with E-state index in [2.05, 4.69) is 18.8 Å². The van der Waals surface area contributed by atoms with Crippen LogP contribution in [0.1, 0.15) is 49.5 Å². The molecule has 0 heterocycles. The maximum Gasteiger partial charge on any atom is 0.255 e. The van der Waals surface area contributed by atoms with Crippen molar-refractivity contribution in [1.29, 1.82) is 0 Å². The minimum atomic E-state index is -0.192. The Bertz CT molecular complexity index is 523. The first kappa shape index (κ1) is 16.3. The number of nitrogens with zero attached hydrogens (tertiary/aromatic N) is 1. The molecule has 0 fully saturated rings. The molecule has 0 bridgehead atoms. The van der Waals surface area contributed by atoms with Crippen molar-refractivity contribution < 1.29 is 9.90 Å². The Morgan fingerprint density at radius 3 is 2.60 bits per heavy atom. The zero-order chi connectivity index (χ0) is 15.2. The van der Waals surface area contributed by atoms with E-state index in [1.807, 2.05) is 39.1 Å². The monoisotopic (exact) mass is 273 g/mol. The first-order valence-corrected chi connectivity index (χ1v) is 6.91. The summed E-state index contributed by atoms with van der Waals surface area (Å²) in [6.07, 6.45) is 1.30. The predicted octanol–water partition coefficient (Wildman–Crippen LogP) is 2.68. The van der Waals surface area contributed by atoms with Gasteiger partial charge in [-0.05, 0) is 32.4 Å². The highest BCUT2D eigenvalue weighted by atomic mass is 16.2. The summed E-state index contributed by atoms with van der Waals surface area (Å²) in [5, 5.41) is 8.77. The van der Waals surface area contributed by atoms with Crippen molar-refractivity contribution in [3.8, 4) is 11.8 Å². The minimum absolute atomic E-state index is 0.0225. The Morgan fingerprint density at radius 1 is 1.35 bits per heavy atom. The number of hydrogen-bond donors (Lipinski definition) is 1. The van der Waals surface area contributed by atoms with E-state index in [1.165, 1.54) is 0 Å². The first-order chi connectivity index (χ1) is 9.44. The van der Waals surface area contributed by atoms with Crippen LogP contribution in [0.15, 0.2) is 24.3 Å². The second-order valence-electron chi connectivity index (χ2n) is 5.35. The van der Waals surface area contributed by atoms with E-state index in [1.54, 1.807) is 11.0 Å². The molecule has 3 heteroatoms. The lowest BCUT2D eigenvalue weighted by atomic mass is 9.97. The summed E-state index contributed by atoms with van der Waals surface area (Å²) in [7, 11) is 1.82. The molecule has 1 rings (SSSR count). The third-order valence-corrected chi connectivity index (χ3v) is 3.70. The SMILES string of the molecule is CCC(C)(C)N(C)C(=O)c1ccccc1C#CCCO. The molecule has 0 radical (unpaired) electrons. The van der Waals surface area contributed by atoms with Crippen molar-refractivity contribution in [1.82, 2.24) is 4.90 Å². The summed E-state index contributed by atoms with van der Waals surface area (Å²) in [6, 6.07) is 7.35. The average molecular weight is 273 g/mol.